The summed E-state index contributed by atoms with van der Waals surface area (Å²) in [5.41, 5.74) is 7.87. The van der Waals surface area contributed by atoms with Gasteiger partial charge in [0.05, 0.1) is 6.04 Å². The van der Waals surface area contributed by atoms with E-state index in [1.807, 2.05) is 26.8 Å². The zero-order valence-corrected chi connectivity index (χ0v) is 12.7. The van der Waals surface area contributed by atoms with Crippen LogP contribution in [-0.2, 0) is 4.79 Å². The van der Waals surface area contributed by atoms with Gasteiger partial charge in [-0.25, -0.2) is 0 Å². The lowest BCUT2D eigenvalue weighted by Gasteiger charge is -2.17. The Morgan fingerprint density at radius 3 is 2.35 bits per heavy atom. The van der Waals surface area contributed by atoms with Crippen LogP contribution in [0.4, 0.5) is 5.69 Å². The number of nitrogens with zero attached hydrogens (tertiary/aromatic N) is 1. The Balaban J connectivity index is 2.98. The lowest BCUT2D eigenvalue weighted by molar-refractivity contribution is -0.118. The molecular weight excluding hydrogens is 254 g/mol. The van der Waals surface area contributed by atoms with Crippen molar-refractivity contribution >= 4 is 17.5 Å². The Morgan fingerprint density at radius 2 is 1.85 bits per heavy atom. The van der Waals surface area contributed by atoms with E-state index in [0.717, 1.165) is 5.56 Å². The highest BCUT2D eigenvalue weighted by atomic mass is 16.2. The number of anilines is 1. The zero-order chi connectivity index (χ0) is 15.4. The van der Waals surface area contributed by atoms with E-state index in [1.54, 1.807) is 26.2 Å². The van der Waals surface area contributed by atoms with Crippen LogP contribution < -0.4 is 11.1 Å². The number of amides is 2. The predicted molar refractivity (Wildman–Crippen MR) is 80.6 cm³/mol. The molecule has 5 nitrogen and oxygen atoms in total. The van der Waals surface area contributed by atoms with Crippen molar-refractivity contribution in [1.29, 1.82) is 0 Å². The number of carbonyl (C=O) groups is 2. The fourth-order valence-electron chi connectivity index (χ4n) is 1.67. The largest absolute Gasteiger partial charge is 0.345 e. The minimum absolute atomic E-state index is 0.0573. The molecule has 0 radical (unpaired) electrons. The van der Waals surface area contributed by atoms with Gasteiger partial charge in [-0.1, -0.05) is 19.9 Å². The van der Waals surface area contributed by atoms with Gasteiger partial charge in [0.2, 0.25) is 5.91 Å². The Bertz CT molecular complexity index is 510. The molecule has 0 fully saturated rings. The molecule has 2 amide bonds. The van der Waals surface area contributed by atoms with E-state index in [-0.39, 0.29) is 17.7 Å². The molecule has 20 heavy (non-hydrogen) atoms. The molecule has 0 aliphatic heterocycles. The second kappa shape index (κ2) is 6.52. The highest BCUT2D eigenvalue weighted by Crippen LogP contribution is 2.18. The number of aryl methyl sites for hydroxylation is 1. The topological polar surface area (TPSA) is 75.4 Å². The third kappa shape index (κ3) is 3.81. The first kappa shape index (κ1) is 16.2. The summed E-state index contributed by atoms with van der Waals surface area (Å²) in [6.45, 7) is 5.66. The molecule has 0 saturated heterocycles. The zero-order valence-electron chi connectivity index (χ0n) is 12.7. The molecular formula is C15H23N3O2. The monoisotopic (exact) mass is 277 g/mol. The van der Waals surface area contributed by atoms with Crippen molar-refractivity contribution in [2.75, 3.05) is 19.4 Å². The summed E-state index contributed by atoms with van der Waals surface area (Å²) in [6.07, 6.45) is 0. The SMILES string of the molecule is Cc1ccc(C(=O)N(C)C)cc1NC(=O)[C@H](N)C(C)C. The molecule has 1 aromatic carbocycles. The van der Waals surface area contributed by atoms with Gasteiger partial charge < -0.3 is 16.0 Å². The number of nitrogens with two attached hydrogens (primary N) is 1. The smallest absolute Gasteiger partial charge is 0.253 e. The van der Waals surface area contributed by atoms with E-state index in [2.05, 4.69) is 5.32 Å². The van der Waals surface area contributed by atoms with E-state index in [4.69, 9.17) is 5.73 Å². The third-order valence-corrected chi connectivity index (χ3v) is 3.17. The average molecular weight is 277 g/mol. The van der Waals surface area contributed by atoms with E-state index < -0.39 is 6.04 Å². The number of hydrogen-bond donors (Lipinski definition) is 2. The Morgan fingerprint density at radius 1 is 1.25 bits per heavy atom. The van der Waals surface area contributed by atoms with Crippen molar-refractivity contribution < 1.29 is 9.59 Å². The number of nitrogens with one attached hydrogen (secondary N) is 1. The van der Waals surface area contributed by atoms with E-state index in [9.17, 15) is 9.59 Å². The van der Waals surface area contributed by atoms with Crippen molar-refractivity contribution in [3.05, 3.63) is 29.3 Å². The molecule has 0 heterocycles. The molecule has 0 saturated carbocycles. The Kier molecular flexibility index (Phi) is 5.27. The first-order valence-corrected chi connectivity index (χ1v) is 6.62. The minimum Gasteiger partial charge on any atom is -0.345 e. The van der Waals surface area contributed by atoms with Crippen LogP contribution in [0.1, 0.15) is 29.8 Å². The summed E-state index contributed by atoms with van der Waals surface area (Å²) in [6, 6.07) is 4.67. The molecule has 110 valence electrons. The maximum atomic E-state index is 12.0. The lowest BCUT2D eigenvalue weighted by atomic mass is 10.0. The van der Waals surface area contributed by atoms with E-state index in [0.29, 0.717) is 11.3 Å². The Labute approximate surface area is 120 Å². The Hall–Kier alpha value is -1.88. The van der Waals surface area contributed by atoms with Crippen LogP contribution in [0.3, 0.4) is 0 Å². The summed E-state index contributed by atoms with van der Waals surface area (Å²) in [7, 11) is 3.38. The molecule has 1 rings (SSSR count). The van der Waals surface area contributed by atoms with E-state index >= 15 is 0 Å². The predicted octanol–water partition coefficient (Wildman–Crippen LogP) is 1.62. The summed E-state index contributed by atoms with van der Waals surface area (Å²) < 4.78 is 0. The fourth-order valence-corrected chi connectivity index (χ4v) is 1.67. The third-order valence-electron chi connectivity index (χ3n) is 3.17. The van der Waals surface area contributed by atoms with Gasteiger partial charge in [-0.3, -0.25) is 9.59 Å². The van der Waals surface area contributed by atoms with Crippen LogP contribution in [0.5, 0.6) is 0 Å². The maximum absolute atomic E-state index is 12.0. The molecule has 0 aromatic heterocycles. The van der Waals surface area contributed by atoms with Crippen molar-refractivity contribution in [1.82, 2.24) is 4.90 Å². The quantitative estimate of drug-likeness (QED) is 0.878. The molecule has 1 atom stereocenters. The first-order chi connectivity index (χ1) is 9.23. The van der Waals surface area contributed by atoms with Gasteiger partial charge in [0.1, 0.15) is 0 Å². The van der Waals surface area contributed by atoms with Gasteiger partial charge in [-0.2, -0.15) is 0 Å². The van der Waals surface area contributed by atoms with Gasteiger partial charge in [-0.05, 0) is 30.5 Å². The van der Waals surface area contributed by atoms with Crippen LogP contribution in [-0.4, -0.2) is 36.9 Å². The summed E-state index contributed by atoms with van der Waals surface area (Å²) in [5, 5.41) is 2.79. The summed E-state index contributed by atoms with van der Waals surface area (Å²) >= 11 is 0. The normalized spacial score (nSPS) is 12.2. The highest BCUT2D eigenvalue weighted by Gasteiger charge is 2.18. The van der Waals surface area contributed by atoms with Gasteiger partial charge in [-0.15, -0.1) is 0 Å². The van der Waals surface area contributed by atoms with Crippen LogP contribution in [0.2, 0.25) is 0 Å². The maximum Gasteiger partial charge on any atom is 0.253 e. The molecule has 0 aliphatic rings. The highest BCUT2D eigenvalue weighted by molar-refractivity contribution is 5.99. The van der Waals surface area contributed by atoms with Crippen LogP contribution in [0.15, 0.2) is 18.2 Å². The molecule has 0 spiro atoms. The van der Waals surface area contributed by atoms with Crippen LogP contribution >= 0.6 is 0 Å². The van der Waals surface area contributed by atoms with Crippen molar-refractivity contribution in [2.45, 2.75) is 26.8 Å². The van der Waals surface area contributed by atoms with E-state index in [1.165, 1.54) is 4.90 Å². The molecule has 0 bridgehead atoms. The first-order valence-electron chi connectivity index (χ1n) is 6.62. The number of hydrogen-bond acceptors (Lipinski definition) is 3. The van der Waals surface area contributed by atoms with Crippen LogP contribution in [0, 0.1) is 12.8 Å². The van der Waals surface area contributed by atoms with Gasteiger partial charge >= 0.3 is 0 Å². The molecule has 1 aromatic rings. The second-order valence-electron chi connectivity index (χ2n) is 5.49. The standard InChI is InChI=1S/C15H23N3O2/c1-9(2)13(16)14(19)17-12-8-11(7-6-10(12)3)15(20)18(4)5/h6-9,13H,16H2,1-5H3,(H,17,19)/t13-/m1/s1. The average Bonchev–Trinajstić information content (AvgIpc) is 2.39. The number of carbonyl (C=O) groups excluding carboxylic acids is 2. The molecule has 0 aliphatic carbocycles. The van der Waals surface area contributed by atoms with Crippen molar-refractivity contribution in [3.8, 4) is 0 Å². The summed E-state index contributed by atoms with van der Waals surface area (Å²) in [4.78, 5) is 25.4. The molecule has 0 unspecified atom stereocenters. The molecule has 3 N–H and O–H groups in total. The van der Waals surface area contributed by atoms with Gasteiger partial charge in [0, 0.05) is 25.3 Å². The number of rotatable bonds is 4. The van der Waals surface area contributed by atoms with Crippen molar-refractivity contribution in [2.24, 2.45) is 11.7 Å². The lowest BCUT2D eigenvalue weighted by Crippen LogP contribution is -2.39. The van der Waals surface area contributed by atoms with Crippen molar-refractivity contribution in [3.63, 3.8) is 0 Å². The molecule has 5 heteroatoms. The van der Waals surface area contributed by atoms with Gasteiger partial charge in [0.15, 0.2) is 0 Å². The van der Waals surface area contributed by atoms with Crippen LogP contribution in [0.25, 0.3) is 0 Å². The fraction of sp³-hybridized carbons (Fsp3) is 0.467. The number of benzene rings is 1. The van der Waals surface area contributed by atoms with Gasteiger partial charge in [0.25, 0.3) is 5.91 Å². The second-order valence-corrected chi connectivity index (χ2v) is 5.49. The summed E-state index contributed by atoms with van der Waals surface area (Å²) in [5.74, 6) is -0.284. The minimum atomic E-state index is -0.567.